The van der Waals surface area contributed by atoms with Gasteiger partial charge in [0.25, 0.3) is 0 Å². The average Bonchev–Trinajstić information content (AvgIpc) is 2.46. The van der Waals surface area contributed by atoms with Crippen molar-refractivity contribution in [1.29, 1.82) is 0 Å². The number of rotatable bonds is 1. The van der Waals surface area contributed by atoms with E-state index in [0.717, 1.165) is 25.2 Å². The van der Waals surface area contributed by atoms with E-state index in [1.165, 1.54) is 6.92 Å². The lowest BCUT2D eigenvalue weighted by molar-refractivity contribution is 0.0997. The van der Waals surface area contributed by atoms with Gasteiger partial charge in [-0.2, -0.15) is 0 Å². The summed E-state index contributed by atoms with van der Waals surface area (Å²) >= 11 is 0. The molecule has 0 radical (unpaired) electrons. The number of fused-ring (bicyclic) bond motifs is 1. The molecule has 0 amide bonds. The zero-order chi connectivity index (χ0) is 9.42. The molecular formula is C9H13N3O. The van der Waals surface area contributed by atoms with Crippen molar-refractivity contribution in [3.05, 3.63) is 11.6 Å². The number of hydrogen-bond acceptors (Lipinski definition) is 3. The van der Waals surface area contributed by atoms with Gasteiger partial charge in [-0.1, -0.05) is 6.92 Å². The van der Waals surface area contributed by atoms with Crippen LogP contribution >= 0.6 is 0 Å². The van der Waals surface area contributed by atoms with E-state index in [0.29, 0.717) is 11.7 Å². The van der Waals surface area contributed by atoms with Crippen LogP contribution in [-0.4, -0.2) is 20.5 Å². The van der Waals surface area contributed by atoms with Crippen LogP contribution < -0.4 is 0 Å². The maximum Gasteiger partial charge on any atom is 0.199 e. The molecule has 0 fully saturated rings. The molecule has 1 atom stereocenters. The summed E-state index contributed by atoms with van der Waals surface area (Å²) in [5, 5.41) is 7.92. The Labute approximate surface area is 77.0 Å². The van der Waals surface area contributed by atoms with Crippen molar-refractivity contribution in [3.63, 3.8) is 0 Å². The van der Waals surface area contributed by atoms with Gasteiger partial charge in [0.05, 0.1) is 0 Å². The molecule has 0 N–H and O–H groups in total. The third-order valence-electron chi connectivity index (χ3n) is 2.52. The molecule has 1 aliphatic heterocycles. The Morgan fingerprint density at radius 2 is 2.31 bits per heavy atom. The third-order valence-corrected chi connectivity index (χ3v) is 2.52. The minimum Gasteiger partial charge on any atom is -0.309 e. The second-order valence-electron chi connectivity index (χ2n) is 3.75. The lowest BCUT2D eigenvalue weighted by Crippen LogP contribution is -2.20. The Hall–Kier alpha value is -1.19. The van der Waals surface area contributed by atoms with E-state index in [-0.39, 0.29) is 5.78 Å². The van der Waals surface area contributed by atoms with Crippen molar-refractivity contribution in [2.24, 2.45) is 5.92 Å². The smallest absolute Gasteiger partial charge is 0.199 e. The zero-order valence-electron chi connectivity index (χ0n) is 7.95. The van der Waals surface area contributed by atoms with Gasteiger partial charge in [0.1, 0.15) is 5.82 Å². The van der Waals surface area contributed by atoms with Crippen LogP contribution in [0.5, 0.6) is 0 Å². The molecule has 0 bridgehead atoms. The molecule has 2 rings (SSSR count). The molecule has 0 saturated carbocycles. The van der Waals surface area contributed by atoms with Crippen molar-refractivity contribution in [1.82, 2.24) is 14.8 Å². The van der Waals surface area contributed by atoms with E-state index in [4.69, 9.17) is 0 Å². The van der Waals surface area contributed by atoms with E-state index in [2.05, 4.69) is 17.1 Å². The highest BCUT2D eigenvalue weighted by Gasteiger charge is 2.21. The average molecular weight is 179 g/mol. The third kappa shape index (κ3) is 1.36. The van der Waals surface area contributed by atoms with Crippen LogP contribution in [0.1, 0.15) is 36.7 Å². The fourth-order valence-electron chi connectivity index (χ4n) is 1.74. The monoisotopic (exact) mass is 179 g/mol. The number of Topliss-reactive ketones (excluding diaryl/α,β-unsaturated/α-hetero) is 1. The Kier molecular flexibility index (Phi) is 1.90. The summed E-state index contributed by atoms with van der Waals surface area (Å²) in [6.07, 6.45) is 2.06. The van der Waals surface area contributed by atoms with Crippen LogP contribution in [0.3, 0.4) is 0 Å². The largest absolute Gasteiger partial charge is 0.309 e. The van der Waals surface area contributed by atoms with Crippen LogP contribution in [0.15, 0.2) is 0 Å². The van der Waals surface area contributed by atoms with Crippen LogP contribution in [-0.2, 0) is 13.0 Å². The van der Waals surface area contributed by atoms with Crippen molar-refractivity contribution in [2.45, 2.75) is 33.2 Å². The summed E-state index contributed by atoms with van der Waals surface area (Å²) in [4.78, 5) is 11.1. The van der Waals surface area contributed by atoms with Crippen molar-refractivity contribution >= 4 is 5.78 Å². The Bertz CT molecular complexity index is 343. The number of carbonyl (C=O) groups excluding carboxylic acids is 1. The van der Waals surface area contributed by atoms with Gasteiger partial charge in [-0.05, 0) is 12.3 Å². The Morgan fingerprint density at radius 1 is 1.54 bits per heavy atom. The van der Waals surface area contributed by atoms with Gasteiger partial charge in [0.2, 0.25) is 0 Å². The lowest BCUT2D eigenvalue weighted by atomic mass is 10.0. The molecule has 1 aliphatic rings. The first-order valence-corrected chi connectivity index (χ1v) is 4.61. The quantitative estimate of drug-likeness (QED) is 0.606. The molecule has 0 saturated heterocycles. The maximum absolute atomic E-state index is 11.1. The van der Waals surface area contributed by atoms with Crippen LogP contribution in [0, 0.1) is 5.92 Å². The van der Waals surface area contributed by atoms with Gasteiger partial charge in [0, 0.05) is 19.9 Å². The zero-order valence-corrected chi connectivity index (χ0v) is 7.95. The molecule has 0 spiro atoms. The predicted octanol–water partition coefficient (Wildman–Crippen LogP) is 1.06. The predicted molar refractivity (Wildman–Crippen MR) is 47.5 cm³/mol. The topological polar surface area (TPSA) is 47.8 Å². The van der Waals surface area contributed by atoms with Gasteiger partial charge in [-0.25, -0.2) is 0 Å². The summed E-state index contributed by atoms with van der Waals surface area (Å²) in [7, 11) is 0. The standard InChI is InChI=1S/C9H13N3O/c1-6-3-4-12-8(5-6)10-11-9(12)7(2)13/h6H,3-5H2,1-2H3. The molecule has 1 unspecified atom stereocenters. The number of nitrogens with zero attached hydrogens (tertiary/aromatic N) is 3. The van der Waals surface area contributed by atoms with Crippen LogP contribution in [0.2, 0.25) is 0 Å². The van der Waals surface area contributed by atoms with Crippen LogP contribution in [0.4, 0.5) is 0 Å². The second kappa shape index (κ2) is 2.94. The Balaban J connectivity index is 2.39. The van der Waals surface area contributed by atoms with E-state index in [9.17, 15) is 4.79 Å². The highest BCUT2D eigenvalue weighted by molar-refractivity contribution is 5.90. The molecular weight excluding hydrogens is 166 g/mol. The summed E-state index contributed by atoms with van der Waals surface area (Å²) in [6, 6.07) is 0. The highest BCUT2D eigenvalue weighted by atomic mass is 16.1. The van der Waals surface area contributed by atoms with Crippen LogP contribution in [0.25, 0.3) is 0 Å². The fourth-order valence-corrected chi connectivity index (χ4v) is 1.74. The molecule has 4 nitrogen and oxygen atoms in total. The van der Waals surface area contributed by atoms with E-state index in [1.807, 2.05) is 4.57 Å². The molecule has 2 heterocycles. The first kappa shape index (κ1) is 8.41. The molecule has 70 valence electrons. The molecule has 1 aromatic rings. The number of hydrogen-bond donors (Lipinski definition) is 0. The number of ketones is 1. The summed E-state index contributed by atoms with van der Waals surface area (Å²) in [5.74, 6) is 2.15. The minimum atomic E-state index is 0.00769. The van der Waals surface area contributed by atoms with E-state index < -0.39 is 0 Å². The summed E-state index contributed by atoms with van der Waals surface area (Å²) in [5.41, 5.74) is 0. The first-order valence-electron chi connectivity index (χ1n) is 4.61. The summed E-state index contributed by atoms with van der Waals surface area (Å²) < 4.78 is 1.95. The second-order valence-corrected chi connectivity index (χ2v) is 3.75. The van der Waals surface area contributed by atoms with Crippen molar-refractivity contribution in [2.75, 3.05) is 0 Å². The SMILES string of the molecule is CC(=O)c1nnc2n1CCC(C)C2. The fraction of sp³-hybridized carbons (Fsp3) is 0.667. The van der Waals surface area contributed by atoms with Gasteiger partial charge < -0.3 is 4.57 Å². The number of carbonyl (C=O) groups is 1. The Morgan fingerprint density at radius 3 is 3.00 bits per heavy atom. The van der Waals surface area contributed by atoms with Gasteiger partial charge in [-0.3, -0.25) is 4.79 Å². The number of aromatic nitrogens is 3. The molecule has 0 aliphatic carbocycles. The summed E-state index contributed by atoms with van der Waals surface area (Å²) in [6.45, 7) is 4.62. The lowest BCUT2D eigenvalue weighted by Gasteiger charge is -2.19. The minimum absolute atomic E-state index is 0.00769. The first-order chi connectivity index (χ1) is 6.18. The molecule has 13 heavy (non-hydrogen) atoms. The molecule has 0 aromatic carbocycles. The maximum atomic E-state index is 11.1. The molecule has 1 aromatic heterocycles. The highest BCUT2D eigenvalue weighted by Crippen LogP contribution is 2.19. The van der Waals surface area contributed by atoms with E-state index >= 15 is 0 Å². The van der Waals surface area contributed by atoms with Crippen molar-refractivity contribution < 1.29 is 4.79 Å². The van der Waals surface area contributed by atoms with Crippen molar-refractivity contribution in [3.8, 4) is 0 Å². The van der Waals surface area contributed by atoms with E-state index in [1.54, 1.807) is 0 Å². The normalized spacial score (nSPS) is 21.2. The van der Waals surface area contributed by atoms with Gasteiger partial charge >= 0.3 is 0 Å². The molecule has 4 heteroatoms. The van der Waals surface area contributed by atoms with Gasteiger partial charge in [0.15, 0.2) is 11.6 Å². The van der Waals surface area contributed by atoms with Gasteiger partial charge in [-0.15, -0.1) is 10.2 Å².